The van der Waals surface area contributed by atoms with Gasteiger partial charge in [-0.1, -0.05) is 0 Å². The van der Waals surface area contributed by atoms with Crippen molar-refractivity contribution >= 4 is 5.91 Å². The number of hydrogen-bond donors (Lipinski definition) is 1. The third-order valence-electron chi connectivity index (χ3n) is 3.19. The van der Waals surface area contributed by atoms with Crippen LogP contribution in [-0.4, -0.2) is 16.0 Å². The SMILES string of the molecule is CC(C)(C)NC(=O)[C@@]1(C)C[C@H]1n1cccc1. The molecule has 0 bridgehead atoms. The first-order valence-electron chi connectivity index (χ1n) is 5.78. The summed E-state index contributed by atoms with van der Waals surface area (Å²) in [5.74, 6) is 0.165. The van der Waals surface area contributed by atoms with E-state index in [2.05, 4.69) is 9.88 Å². The van der Waals surface area contributed by atoms with Gasteiger partial charge in [-0.15, -0.1) is 0 Å². The second-order valence-corrected chi connectivity index (χ2v) is 5.97. The number of hydrogen-bond acceptors (Lipinski definition) is 1. The first kappa shape index (κ1) is 11.2. The van der Waals surface area contributed by atoms with Crippen LogP contribution in [0.3, 0.4) is 0 Å². The van der Waals surface area contributed by atoms with Gasteiger partial charge in [0, 0.05) is 24.0 Å². The van der Waals surface area contributed by atoms with Crippen LogP contribution in [0, 0.1) is 5.41 Å². The standard InChI is InChI=1S/C13H20N2O/c1-12(2,3)14-11(16)13(4)9-10(13)15-7-5-6-8-15/h5-8,10H,9H2,1-4H3,(H,14,16)/t10-,13+/m1/s1. The van der Waals surface area contributed by atoms with Gasteiger partial charge in [-0.05, 0) is 46.2 Å². The minimum absolute atomic E-state index is 0.149. The average Bonchev–Trinajstić information content (AvgIpc) is 2.62. The maximum atomic E-state index is 12.1. The zero-order valence-electron chi connectivity index (χ0n) is 10.4. The molecule has 0 spiro atoms. The molecule has 88 valence electrons. The van der Waals surface area contributed by atoms with Crippen LogP contribution in [0.5, 0.6) is 0 Å². The van der Waals surface area contributed by atoms with E-state index in [0.29, 0.717) is 6.04 Å². The molecule has 0 aromatic carbocycles. The van der Waals surface area contributed by atoms with E-state index < -0.39 is 0 Å². The van der Waals surface area contributed by atoms with E-state index in [9.17, 15) is 4.79 Å². The maximum absolute atomic E-state index is 12.1. The second kappa shape index (κ2) is 3.37. The van der Waals surface area contributed by atoms with E-state index in [0.717, 1.165) is 6.42 Å². The molecule has 1 N–H and O–H groups in total. The number of nitrogens with one attached hydrogen (secondary N) is 1. The lowest BCUT2D eigenvalue weighted by Gasteiger charge is -2.23. The summed E-state index contributed by atoms with van der Waals surface area (Å²) in [6.45, 7) is 8.09. The van der Waals surface area contributed by atoms with E-state index in [1.54, 1.807) is 0 Å². The van der Waals surface area contributed by atoms with Crippen molar-refractivity contribution < 1.29 is 4.79 Å². The van der Waals surface area contributed by atoms with Crippen molar-refractivity contribution in [1.29, 1.82) is 0 Å². The Balaban J connectivity index is 2.05. The summed E-state index contributed by atoms with van der Waals surface area (Å²) >= 11 is 0. The highest BCUT2D eigenvalue weighted by Crippen LogP contribution is 2.56. The lowest BCUT2D eigenvalue weighted by Crippen LogP contribution is -2.44. The molecule has 1 fully saturated rings. The van der Waals surface area contributed by atoms with Crippen LogP contribution in [0.2, 0.25) is 0 Å². The molecule has 2 rings (SSSR count). The number of aromatic nitrogens is 1. The molecule has 2 atom stereocenters. The average molecular weight is 220 g/mol. The summed E-state index contributed by atoms with van der Waals surface area (Å²) in [4.78, 5) is 12.1. The summed E-state index contributed by atoms with van der Waals surface area (Å²) in [5, 5.41) is 3.06. The maximum Gasteiger partial charge on any atom is 0.228 e. The molecule has 0 radical (unpaired) electrons. The van der Waals surface area contributed by atoms with Gasteiger partial charge in [0.2, 0.25) is 5.91 Å². The normalized spacial score (nSPS) is 28.9. The van der Waals surface area contributed by atoms with E-state index in [4.69, 9.17) is 0 Å². The van der Waals surface area contributed by atoms with Gasteiger partial charge in [-0.2, -0.15) is 0 Å². The Bertz CT molecular complexity index is 389. The van der Waals surface area contributed by atoms with Crippen LogP contribution in [-0.2, 0) is 4.79 Å². The molecule has 1 aromatic rings. The molecule has 1 aliphatic carbocycles. The monoisotopic (exact) mass is 220 g/mol. The minimum Gasteiger partial charge on any atom is -0.351 e. The molecule has 0 saturated heterocycles. The van der Waals surface area contributed by atoms with Gasteiger partial charge < -0.3 is 9.88 Å². The van der Waals surface area contributed by atoms with Crippen molar-refractivity contribution in [3.8, 4) is 0 Å². The van der Waals surface area contributed by atoms with Gasteiger partial charge in [-0.25, -0.2) is 0 Å². The third kappa shape index (κ3) is 1.99. The molecule has 1 aliphatic rings. The molecule has 3 heteroatoms. The largest absolute Gasteiger partial charge is 0.351 e. The number of carbonyl (C=O) groups is 1. The first-order valence-corrected chi connectivity index (χ1v) is 5.78. The van der Waals surface area contributed by atoms with E-state index in [1.165, 1.54) is 0 Å². The molecule has 0 unspecified atom stereocenters. The first-order chi connectivity index (χ1) is 7.33. The van der Waals surface area contributed by atoms with E-state index >= 15 is 0 Å². The molecule has 1 amide bonds. The fraction of sp³-hybridized carbons (Fsp3) is 0.615. The van der Waals surface area contributed by atoms with E-state index in [1.807, 2.05) is 52.2 Å². The van der Waals surface area contributed by atoms with Crippen molar-refractivity contribution in [1.82, 2.24) is 9.88 Å². The van der Waals surface area contributed by atoms with Crippen LogP contribution in [0.15, 0.2) is 24.5 Å². The topological polar surface area (TPSA) is 34.0 Å². The Morgan fingerprint density at radius 1 is 1.38 bits per heavy atom. The zero-order chi connectivity index (χ0) is 12.0. The Kier molecular flexibility index (Phi) is 2.37. The lowest BCUT2D eigenvalue weighted by molar-refractivity contribution is -0.127. The molecule has 16 heavy (non-hydrogen) atoms. The number of nitrogens with zero attached hydrogens (tertiary/aromatic N) is 1. The lowest BCUT2D eigenvalue weighted by atomic mass is 10.0. The quantitative estimate of drug-likeness (QED) is 0.815. The van der Waals surface area contributed by atoms with Crippen LogP contribution in [0.25, 0.3) is 0 Å². The highest BCUT2D eigenvalue weighted by atomic mass is 16.2. The van der Waals surface area contributed by atoms with Crippen LogP contribution < -0.4 is 5.32 Å². The molecule has 1 saturated carbocycles. The Labute approximate surface area is 96.8 Å². The number of amides is 1. The van der Waals surface area contributed by atoms with Crippen molar-refractivity contribution in [2.75, 3.05) is 0 Å². The molecule has 1 heterocycles. The molecule has 3 nitrogen and oxygen atoms in total. The van der Waals surface area contributed by atoms with Crippen LogP contribution in [0.4, 0.5) is 0 Å². The van der Waals surface area contributed by atoms with Crippen molar-refractivity contribution in [2.45, 2.75) is 45.7 Å². The Morgan fingerprint density at radius 2 is 1.94 bits per heavy atom. The van der Waals surface area contributed by atoms with Gasteiger partial charge in [0.25, 0.3) is 0 Å². The summed E-state index contributed by atoms with van der Waals surface area (Å²) < 4.78 is 2.13. The third-order valence-corrected chi connectivity index (χ3v) is 3.19. The number of rotatable bonds is 2. The predicted octanol–water partition coefficient (Wildman–Crippen LogP) is 2.35. The van der Waals surface area contributed by atoms with E-state index in [-0.39, 0.29) is 16.9 Å². The highest BCUT2D eigenvalue weighted by molar-refractivity contribution is 5.86. The molecule has 1 aromatic heterocycles. The van der Waals surface area contributed by atoms with Gasteiger partial charge in [0.05, 0.1) is 5.41 Å². The summed E-state index contributed by atoms with van der Waals surface area (Å²) in [7, 11) is 0. The second-order valence-electron chi connectivity index (χ2n) is 5.97. The van der Waals surface area contributed by atoms with Gasteiger partial charge in [0.1, 0.15) is 0 Å². The molecular formula is C13H20N2O. The van der Waals surface area contributed by atoms with Gasteiger partial charge in [0.15, 0.2) is 0 Å². The Hall–Kier alpha value is -1.25. The van der Waals surface area contributed by atoms with Crippen molar-refractivity contribution in [2.24, 2.45) is 5.41 Å². The summed E-state index contributed by atoms with van der Waals surface area (Å²) in [6, 6.07) is 4.32. The molecular weight excluding hydrogens is 200 g/mol. The van der Waals surface area contributed by atoms with Crippen LogP contribution >= 0.6 is 0 Å². The summed E-state index contributed by atoms with van der Waals surface area (Å²) in [5.41, 5.74) is -0.379. The fourth-order valence-corrected chi connectivity index (χ4v) is 2.06. The highest BCUT2D eigenvalue weighted by Gasteiger charge is 2.57. The van der Waals surface area contributed by atoms with Gasteiger partial charge in [-0.3, -0.25) is 4.79 Å². The molecule has 0 aliphatic heterocycles. The minimum atomic E-state index is -0.230. The van der Waals surface area contributed by atoms with Crippen molar-refractivity contribution in [3.63, 3.8) is 0 Å². The number of carbonyl (C=O) groups excluding carboxylic acids is 1. The Morgan fingerprint density at radius 3 is 2.44 bits per heavy atom. The van der Waals surface area contributed by atoms with Crippen LogP contribution in [0.1, 0.15) is 40.2 Å². The van der Waals surface area contributed by atoms with Crippen molar-refractivity contribution in [3.05, 3.63) is 24.5 Å². The van der Waals surface area contributed by atoms with Gasteiger partial charge >= 0.3 is 0 Å². The smallest absolute Gasteiger partial charge is 0.228 e. The zero-order valence-corrected chi connectivity index (χ0v) is 10.4. The predicted molar refractivity (Wildman–Crippen MR) is 64.1 cm³/mol. The summed E-state index contributed by atoms with van der Waals surface area (Å²) in [6.07, 6.45) is 4.99. The fourth-order valence-electron chi connectivity index (χ4n) is 2.06.